The van der Waals surface area contributed by atoms with Crippen LogP contribution in [-0.2, 0) is 0 Å². The van der Waals surface area contributed by atoms with Crippen molar-refractivity contribution in [3.8, 4) is 0 Å². The number of ketones is 3. The van der Waals surface area contributed by atoms with Crippen LogP contribution >= 0.6 is 40.5 Å². The molecule has 0 heterocycles. The first-order valence-corrected chi connectivity index (χ1v) is 6.28. The summed E-state index contributed by atoms with van der Waals surface area (Å²) in [5.74, 6) is -0.150. The van der Waals surface area contributed by atoms with E-state index in [1.165, 1.54) is 0 Å². The molecule has 0 aliphatic carbocycles. The lowest BCUT2D eigenvalue weighted by Crippen LogP contribution is -2.07. The Bertz CT molecular complexity index is 415. The van der Waals surface area contributed by atoms with Crippen LogP contribution in [-0.4, -0.2) is 17.3 Å². The smallest absolute Gasteiger partial charge is 0.162 e. The first-order chi connectivity index (χ1) is 8.53. The van der Waals surface area contributed by atoms with E-state index in [-0.39, 0.29) is 57.8 Å². The SMILES string of the molecule is CCC(=O)c1cc(C(=O)CC)cc(C(=O)CC)c1.S.S.S. The molecule has 0 saturated heterocycles. The first kappa shape index (κ1) is 25.2. The van der Waals surface area contributed by atoms with Gasteiger partial charge in [0.15, 0.2) is 17.3 Å². The molecule has 0 aromatic heterocycles. The van der Waals surface area contributed by atoms with Gasteiger partial charge in [0.25, 0.3) is 0 Å². The van der Waals surface area contributed by atoms with E-state index in [2.05, 4.69) is 0 Å². The molecule has 0 radical (unpaired) electrons. The minimum Gasteiger partial charge on any atom is -0.294 e. The van der Waals surface area contributed by atoms with Crippen molar-refractivity contribution in [1.29, 1.82) is 0 Å². The third kappa shape index (κ3) is 6.72. The first-order valence-electron chi connectivity index (χ1n) is 6.28. The van der Waals surface area contributed by atoms with E-state index >= 15 is 0 Å². The molecule has 6 heteroatoms. The van der Waals surface area contributed by atoms with Crippen LogP contribution < -0.4 is 0 Å². The highest BCUT2D eigenvalue weighted by atomic mass is 32.1. The summed E-state index contributed by atoms with van der Waals surface area (Å²) in [6, 6.07) is 4.76. The lowest BCUT2D eigenvalue weighted by molar-refractivity contribution is 0.0987. The molecule has 1 aromatic carbocycles. The van der Waals surface area contributed by atoms with Gasteiger partial charge >= 0.3 is 0 Å². The Balaban J connectivity index is -0.00000108. The average Bonchev–Trinajstić information content (AvgIpc) is 2.43. The average molecular weight is 349 g/mol. The maximum absolute atomic E-state index is 11.7. The van der Waals surface area contributed by atoms with Gasteiger partial charge in [-0.05, 0) is 18.2 Å². The Morgan fingerprint density at radius 3 is 0.952 bits per heavy atom. The Morgan fingerprint density at radius 2 is 0.810 bits per heavy atom. The van der Waals surface area contributed by atoms with Gasteiger partial charge in [-0.1, -0.05) is 20.8 Å². The second-order valence-electron chi connectivity index (χ2n) is 4.13. The van der Waals surface area contributed by atoms with E-state index in [4.69, 9.17) is 0 Å². The summed E-state index contributed by atoms with van der Waals surface area (Å²) in [6.07, 6.45) is 1.09. The van der Waals surface area contributed by atoms with Crippen molar-refractivity contribution in [3.63, 3.8) is 0 Å². The molecule has 0 bridgehead atoms. The molecule has 3 nitrogen and oxygen atoms in total. The zero-order valence-electron chi connectivity index (χ0n) is 12.6. The van der Waals surface area contributed by atoms with Gasteiger partial charge in [0.05, 0.1) is 0 Å². The Kier molecular flexibility index (Phi) is 14.3. The number of benzene rings is 1. The van der Waals surface area contributed by atoms with Gasteiger partial charge in [-0.25, -0.2) is 0 Å². The molecular weight excluding hydrogens is 324 g/mol. The molecule has 0 aliphatic rings. The van der Waals surface area contributed by atoms with Crippen LogP contribution in [0.4, 0.5) is 0 Å². The number of hydrogen-bond donors (Lipinski definition) is 0. The van der Waals surface area contributed by atoms with Gasteiger partial charge in [-0.15, -0.1) is 0 Å². The summed E-state index contributed by atoms with van der Waals surface area (Å²) < 4.78 is 0. The van der Waals surface area contributed by atoms with Gasteiger partial charge in [-0.3, -0.25) is 14.4 Å². The van der Waals surface area contributed by atoms with Crippen LogP contribution in [0.2, 0.25) is 0 Å². The normalized spacial score (nSPS) is 8.71. The molecule has 0 aliphatic heterocycles. The predicted octanol–water partition coefficient (Wildman–Crippen LogP) is 3.80. The fourth-order valence-electron chi connectivity index (χ4n) is 1.72. The zero-order chi connectivity index (χ0) is 13.7. The van der Waals surface area contributed by atoms with Crippen LogP contribution in [0.1, 0.15) is 71.1 Å². The molecule has 0 atom stereocenters. The van der Waals surface area contributed by atoms with Crippen LogP contribution in [0.15, 0.2) is 18.2 Å². The van der Waals surface area contributed by atoms with E-state index in [0.717, 1.165) is 0 Å². The Labute approximate surface area is 147 Å². The fourth-order valence-corrected chi connectivity index (χ4v) is 1.72. The quantitative estimate of drug-likeness (QED) is 0.735. The summed E-state index contributed by atoms with van der Waals surface area (Å²) >= 11 is 0. The van der Waals surface area contributed by atoms with E-state index in [0.29, 0.717) is 36.0 Å². The topological polar surface area (TPSA) is 51.2 Å². The maximum Gasteiger partial charge on any atom is 0.162 e. The van der Waals surface area contributed by atoms with E-state index < -0.39 is 0 Å². The molecule has 0 N–H and O–H groups in total. The molecule has 0 saturated carbocycles. The lowest BCUT2D eigenvalue weighted by atomic mass is 9.96. The Morgan fingerprint density at radius 1 is 0.619 bits per heavy atom. The van der Waals surface area contributed by atoms with Crippen molar-refractivity contribution >= 4 is 57.8 Å². The highest BCUT2D eigenvalue weighted by Crippen LogP contribution is 2.15. The van der Waals surface area contributed by atoms with Gasteiger partial charge in [0.2, 0.25) is 0 Å². The fraction of sp³-hybridized carbons (Fsp3) is 0.400. The van der Waals surface area contributed by atoms with Crippen molar-refractivity contribution in [3.05, 3.63) is 34.9 Å². The predicted molar refractivity (Wildman–Crippen MR) is 101 cm³/mol. The number of Topliss-reactive ketones (excluding diaryl/α,β-unsaturated/α-hetero) is 3. The minimum absolute atomic E-state index is 0. The van der Waals surface area contributed by atoms with Gasteiger partial charge < -0.3 is 0 Å². The van der Waals surface area contributed by atoms with Crippen LogP contribution in [0, 0.1) is 0 Å². The molecule has 0 unspecified atom stereocenters. The standard InChI is InChI=1S/C15H18O3.3H2S/c1-4-13(16)10-7-11(14(17)5-2)9-12(8-10)15(18)6-3;;;/h7-9H,4-6H2,1-3H3;3*1H2. The summed E-state index contributed by atoms with van der Waals surface area (Å²) in [6.45, 7) is 5.29. The van der Waals surface area contributed by atoms with Crippen molar-refractivity contribution in [2.45, 2.75) is 40.0 Å². The monoisotopic (exact) mass is 348 g/mol. The lowest BCUT2D eigenvalue weighted by Gasteiger charge is -2.06. The van der Waals surface area contributed by atoms with Gasteiger partial charge in [0.1, 0.15) is 0 Å². The second kappa shape index (κ2) is 11.9. The molecule has 120 valence electrons. The van der Waals surface area contributed by atoms with E-state index in [9.17, 15) is 14.4 Å². The molecule has 0 amide bonds. The molecule has 0 fully saturated rings. The van der Waals surface area contributed by atoms with Gasteiger partial charge in [0, 0.05) is 36.0 Å². The third-order valence-corrected chi connectivity index (χ3v) is 2.86. The molecule has 1 aromatic rings. The molecule has 1 rings (SSSR count). The van der Waals surface area contributed by atoms with Crippen molar-refractivity contribution < 1.29 is 14.4 Å². The highest BCUT2D eigenvalue weighted by Gasteiger charge is 2.13. The number of rotatable bonds is 6. The summed E-state index contributed by atoms with van der Waals surface area (Å²) in [7, 11) is 0. The molecular formula is C15H24O3S3. The van der Waals surface area contributed by atoms with Crippen molar-refractivity contribution in [2.75, 3.05) is 0 Å². The molecule has 0 spiro atoms. The largest absolute Gasteiger partial charge is 0.294 e. The third-order valence-electron chi connectivity index (χ3n) is 2.86. The highest BCUT2D eigenvalue weighted by molar-refractivity contribution is 7.59. The van der Waals surface area contributed by atoms with Gasteiger partial charge in [-0.2, -0.15) is 40.5 Å². The van der Waals surface area contributed by atoms with E-state index in [1.807, 2.05) is 0 Å². The maximum atomic E-state index is 11.7. The summed E-state index contributed by atoms with van der Waals surface area (Å²) in [4.78, 5) is 35.2. The molecule has 21 heavy (non-hydrogen) atoms. The van der Waals surface area contributed by atoms with Crippen molar-refractivity contribution in [1.82, 2.24) is 0 Å². The summed E-state index contributed by atoms with van der Waals surface area (Å²) in [5.41, 5.74) is 1.36. The number of carbonyl (C=O) groups is 3. The van der Waals surface area contributed by atoms with Crippen molar-refractivity contribution in [2.24, 2.45) is 0 Å². The van der Waals surface area contributed by atoms with Crippen LogP contribution in [0.5, 0.6) is 0 Å². The van der Waals surface area contributed by atoms with E-state index in [1.54, 1.807) is 39.0 Å². The number of hydrogen-bond acceptors (Lipinski definition) is 3. The minimum atomic E-state index is -0.0501. The summed E-state index contributed by atoms with van der Waals surface area (Å²) in [5, 5.41) is 0. The zero-order valence-corrected chi connectivity index (χ0v) is 15.6. The second-order valence-corrected chi connectivity index (χ2v) is 4.13. The Hall–Kier alpha value is -0.720. The van der Waals surface area contributed by atoms with Crippen LogP contribution in [0.25, 0.3) is 0 Å². The number of carbonyl (C=O) groups excluding carboxylic acids is 3. The van der Waals surface area contributed by atoms with Crippen LogP contribution in [0.3, 0.4) is 0 Å².